The second kappa shape index (κ2) is 16.2. The van der Waals surface area contributed by atoms with Crippen molar-refractivity contribution >= 4 is 23.0 Å². The lowest BCUT2D eigenvalue weighted by Crippen LogP contribution is -2.63. The van der Waals surface area contributed by atoms with Gasteiger partial charge in [-0.2, -0.15) is 0 Å². The summed E-state index contributed by atoms with van der Waals surface area (Å²) in [6.07, 6.45) is -16.1. The molecule has 4 aromatic rings. The second-order valence-electron chi connectivity index (χ2n) is 12.8. The molecule has 10 N–H and O–H groups in total. The summed E-state index contributed by atoms with van der Waals surface area (Å²) in [7, 11) is 1.35. The van der Waals surface area contributed by atoms with Gasteiger partial charge in [0, 0.05) is 23.8 Å². The van der Waals surface area contributed by atoms with Crippen LogP contribution in [-0.4, -0.2) is 132 Å². The molecule has 3 heterocycles. The van der Waals surface area contributed by atoms with E-state index < -0.39 is 108 Å². The number of ether oxygens (including phenoxy) is 5. The highest BCUT2D eigenvalue weighted by Gasteiger charge is 2.52. The average Bonchev–Trinajstić information content (AvgIpc) is 3.16. The first-order valence-electron chi connectivity index (χ1n) is 16.7. The quantitative estimate of drug-likeness (QED) is 0.0743. The number of hydrogen-bond donors (Lipinski definition) is 10. The van der Waals surface area contributed by atoms with Crippen LogP contribution < -0.4 is 10.2 Å². The van der Waals surface area contributed by atoms with Gasteiger partial charge >= 0.3 is 5.97 Å². The minimum absolute atomic E-state index is 0.0245. The maximum Gasteiger partial charge on any atom is 0.330 e. The van der Waals surface area contributed by atoms with Crippen molar-refractivity contribution in [1.29, 1.82) is 0 Å². The lowest BCUT2D eigenvalue weighted by molar-refractivity contribution is -0.342. The van der Waals surface area contributed by atoms with E-state index in [9.17, 15) is 60.7 Å². The predicted octanol–water partition coefficient (Wildman–Crippen LogP) is -0.106. The number of methoxy groups -OCH3 is 1. The topological polar surface area (TPSA) is 296 Å². The number of aliphatic hydroxyl groups is 6. The monoisotopic (exact) mass is 770 g/mol. The third-order valence-corrected chi connectivity index (χ3v) is 9.28. The number of fused-ring (bicyclic) bond motifs is 1. The van der Waals surface area contributed by atoms with E-state index in [1.807, 2.05) is 0 Å². The molecule has 0 bridgehead atoms. The van der Waals surface area contributed by atoms with E-state index in [0.717, 1.165) is 18.2 Å². The van der Waals surface area contributed by atoms with Crippen LogP contribution in [-0.2, 0) is 23.7 Å². The largest absolute Gasteiger partial charge is 0.508 e. The van der Waals surface area contributed by atoms with Crippen LogP contribution in [0.5, 0.6) is 28.7 Å². The van der Waals surface area contributed by atoms with Crippen LogP contribution in [0.1, 0.15) is 17.2 Å². The van der Waals surface area contributed by atoms with Crippen molar-refractivity contribution in [2.45, 2.75) is 61.2 Å². The number of rotatable bonds is 10. The molecule has 3 aromatic carbocycles. The Morgan fingerprint density at radius 1 is 0.818 bits per heavy atom. The van der Waals surface area contributed by atoms with Crippen molar-refractivity contribution in [1.82, 2.24) is 0 Å². The minimum atomic E-state index is -2.03. The summed E-state index contributed by atoms with van der Waals surface area (Å²) >= 11 is 0. The fourth-order valence-electron chi connectivity index (χ4n) is 6.32. The lowest BCUT2D eigenvalue weighted by Gasteiger charge is -2.46. The molecule has 10 unspecified atom stereocenters. The van der Waals surface area contributed by atoms with Crippen molar-refractivity contribution in [3.05, 3.63) is 82.0 Å². The van der Waals surface area contributed by atoms with Gasteiger partial charge in [-0.05, 0) is 48.0 Å². The second-order valence-corrected chi connectivity index (χ2v) is 12.8. The zero-order valence-corrected chi connectivity index (χ0v) is 28.8. The summed E-state index contributed by atoms with van der Waals surface area (Å²) in [6, 6.07) is 12.0. The van der Waals surface area contributed by atoms with Gasteiger partial charge < -0.3 is 79.2 Å². The highest BCUT2D eigenvalue weighted by Crippen LogP contribution is 2.46. The van der Waals surface area contributed by atoms with Crippen LogP contribution in [0.3, 0.4) is 0 Å². The van der Waals surface area contributed by atoms with Gasteiger partial charge in [-0.25, -0.2) is 4.79 Å². The molecule has 2 aliphatic heterocycles. The van der Waals surface area contributed by atoms with Crippen molar-refractivity contribution in [2.75, 3.05) is 20.3 Å². The zero-order valence-electron chi connectivity index (χ0n) is 28.8. The van der Waals surface area contributed by atoms with Gasteiger partial charge in [0.25, 0.3) is 0 Å². The van der Waals surface area contributed by atoms with E-state index in [-0.39, 0.29) is 28.6 Å². The van der Waals surface area contributed by atoms with Gasteiger partial charge in [-0.1, -0.05) is 6.07 Å². The number of hydrogen-bond acceptors (Lipinski definition) is 18. The van der Waals surface area contributed by atoms with E-state index in [1.54, 1.807) is 0 Å². The summed E-state index contributed by atoms with van der Waals surface area (Å²) < 4.78 is 33.2. The van der Waals surface area contributed by atoms with Crippen molar-refractivity contribution < 1.29 is 84.0 Å². The third kappa shape index (κ3) is 7.94. The Balaban J connectivity index is 1.26. The molecule has 6 rings (SSSR count). The molecule has 1 aromatic heterocycles. The summed E-state index contributed by atoms with van der Waals surface area (Å²) in [5.74, 6) is -2.54. The smallest absolute Gasteiger partial charge is 0.330 e. The molecule has 0 saturated carbocycles. The summed E-state index contributed by atoms with van der Waals surface area (Å²) in [6.45, 7) is -1.56. The molecule has 0 spiro atoms. The number of phenolic OH excluding ortho intramolecular Hbond substituents is 4. The van der Waals surface area contributed by atoms with Crippen molar-refractivity contribution in [3.8, 4) is 40.1 Å². The molecule has 0 aliphatic carbocycles. The molecule has 10 atom stereocenters. The normalized spacial score (nSPS) is 28.3. The zero-order chi connectivity index (χ0) is 39.7. The highest BCUT2D eigenvalue weighted by molar-refractivity contribution is 5.88. The van der Waals surface area contributed by atoms with Gasteiger partial charge in [-0.3, -0.25) is 4.79 Å². The highest BCUT2D eigenvalue weighted by atomic mass is 16.7. The number of aliphatic hydroxyl groups excluding tert-OH is 6. The Morgan fingerprint density at radius 2 is 1.53 bits per heavy atom. The summed E-state index contributed by atoms with van der Waals surface area (Å²) in [5, 5.41) is 106. The van der Waals surface area contributed by atoms with E-state index in [1.165, 1.54) is 55.7 Å². The lowest BCUT2D eigenvalue weighted by atomic mass is 9.89. The van der Waals surface area contributed by atoms with Crippen LogP contribution in [0.2, 0.25) is 0 Å². The Labute approximate surface area is 310 Å². The molecule has 18 nitrogen and oxygen atoms in total. The summed E-state index contributed by atoms with van der Waals surface area (Å²) in [4.78, 5) is 25.8. The van der Waals surface area contributed by atoms with Gasteiger partial charge in [-0.15, -0.1) is 0 Å². The molecule has 18 heteroatoms. The number of carbonyl (C=O) groups excluding carboxylic acids is 1. The van der Waals surface area contributed by atoms with Crippen LogP contribution in [0, 0.1) is 0 Å². The predicted molar refractivity (Wildman–Crippen MR) is 186 cm³/mol. The minimum Gasteiger partial charge on any atom is -0.508 e. The van der Waals surface area contributed by atoms with Crippen molar-refractivity contribution in [3.63, 3.8) is 0 Å². The van der Waals surface area contributed by atoms with Crippen LogP contribution in [0.25, 0.3) is 28.4 Å². The number of carbonyl (C=O) groups is 1. The first-order valence-corrected chi connectivity index (χ1v) is 16.7. The maximum atomic E-state index is 13.3. The summed E-state index contributed by atoms with van der Waals surface area (Å²) in [5.41, 5.74) is -0.774. The van der Waals surface area contributed by atoms with Crippen LogP contribution >= 0.6 is 0 Å². The molecule has 55 heavy (non-hydrogen) atoms. The fraction of sp³-hybridized carbons (Fsp3) is 0.351. The van der Waals surface area contributed by atoms with Gasteiger partial charge in [0.05, 0.1) is 19.3 Å². The molecule has 2 aliphatic rings. The molecule has 294 valence electrons. The SMILES string of the molecule is COc1cc(C=CC(=O)OCC2OC(OC3C(c4c(O)cc5oc(-c6ccc(O)cc6)cc(=O)c5c4O)OC(CO)C(O)C3O)C(O)C(O)C2O)ccc1O. The number of aromatic hydroxyl groups is 4. The Kier molecular flexibility index (Phi) is 11.6. The number of benzene rings is 3. The molecule has 2 fully saturated rings. The van der Waals surface area contributed by atoms with E-state index in [2.05, 4.69) is 0 Å². The Bertz CT molecular complexity index is 2100. The van der Waals surface area contributed by atoms with E-state index in [4.69, 9.17) is 28.1 Å². The standard InChI is InChI=1S/C37H38O18/c1-50-22-10-15(2-8-18(22)40)3-9-26(43)51-14-25-30(45)32(47)34(49)37(54-25)55-36-33(48)29(44)24(13-38)53-35(36)28-20(42)12-23-27(31(28)46)19(41)11-21(52-23)16-4-6-17(39)7-5-16/h2-12,24-25,29-30,32-40,42,44-49H,13-14H2,1H3. The van der Waals surface area contributed by atoms with Crippen LogP contribution in [0.15, 0.2) is 69.9 Å². The van der Waals surface area contributed by atoms with Gasteiger partial charge in [0.2, 0.25) is 0 Å². The van der Waals surface area contributed by atoms with E-state index >= 15 is 0 Å². The van der Waals surface area contributed by atoms with Crippen LogP contribution in [0.4, 0.5) is 0 Å². The molecular formula is C37H38O18. The first-order chi connectivity index (χ1) is 26.2. The first kappa shape index (κ1) is 39.4. The number of esters is 1. The molecule has 2 saturated heterocycles. The fourth-order valence-corrected chi connectivity index (χ4v) is 6.32. The molecule has 0 amide bonds. The van der Waals surface area contributed by atoms with Gasteiger partial charge in [0.1, 0.15) is 95.5 Å². The Morgan fingerprint density at radius 3 is 2.22 bits per heavy atom. The number of phenols is 4. The van der Waals surface area contributed by atoms with Gasteiger partial charge in [0.15, 0.2) is 23.2 Å². The Hall–Kier alpha value is -5.28. The van der Waals surface area contributed by atoms with Crippen molar-refractivity contribution in [2.24, 2.45) is 0 Å². The molecular weight excluding hydrogens is 732 g/mol. The average molecular weight is 771 g/mol. The van der Waals surface area contributed by atoms with E-state index in [0.29, 0.717) is 11.1 Å². The maximum absolute atomic E-state index is 13.3. The molecule has 0 radical (unpaired) electrons. The third-order valence-electron chi connectivity index (χ3n) is 9.28.